The molecule has 10 nitrogen and oxygen atoms in total. The summed E-state index contributed by atoms with van der Waals surface area (Å²) in [5.41, 5.74) is -0.466. The molecule has 0 aliphatic heterocycles. The first-order valence-electron chi connectivity index (χ1n) is 10.9. The zero-order valence-corrected chi connectivity index (χ0v) is 20.5. The Morgan fingerprint density at radius 3 is 2.46 bits per heavy atom. The van der Waals surface area contributed by atoms with Gasteiger partial charge in [-0.2, -0.15) is 17.9 Å². The number of benzene rings is 1. The summed E-state index contributed by atoms with van der Waals surface area (Å²) in [6, 6.07) is 5.69. The van der Waals surface area contributed by atoms with Crippen molar-refractivity contribution in [2.45, 2.75) is 39.3 Å². The maximum atomic E-state index is 13.4. The van der Waals surface area contributed by atoms with Crippen molar-refractivity contribution in [1.29, 1.82) is 0 Å². The van der Waals surface area contributed by atoms with Crippen LogP contribution in [0.25, 0.3) is 16.5 Å². The molecule has 0 radical (unpaired) electrons. The largest absolute Gasteiger partial charge is 0.480 e. The van der Waals surface area contributed by atoms with E-state index in [0.717, 1.165) is 11.6 Å². The lowest BCUT2D eigenvalue weighted by atomic mass is 10.1. The van der Waals surface area contributed by atoms with Crippen LogP contribution < -0.4 is 19.9 Å². The third-order valence-corrected chi connectivity index (χ3v) is 5.75. The minimum atomic E-state index is -4.68. The molecule has 3 aromatic heterocycles. The number of alkyl halides is 3. The zero-order valence-electron chi connectivity index (χ0n) is 19.8. The van der Waals surface area contributed by atoms with Crippen LogP contribution in [0.5, 0.6) is 23.3 Å². The van der Waals surface area contributed by atoms with Gasteiger partial charge in [0.2, 0.25) is 11.8 Å². The van der Waals surface area contributed by atoms with Gasteiger partial charge in [-0.25, -0.2) is 14.8 Å². The molecule has 4 rings (SSSR count). The number of hydrogen-bond acceptors (Lipinski definition) is 8. The van der Waals surface area contributed by atoms with E-state index in [-0.39, 0.29) is 51.7 Å². The highest BCUT2D eigenvalue weighted by molar-refractivity contribution is 6.33. The molecule has 37 heavy (non-hydrogen) atoms. The molecule has 3 heterocycles. The summed E-state index contributed by atoms with van der Waals surface area (Å²) < 4.78 is 58.8. The van der Waals surface area contributed by atoms with Crippen LogP contribution in [0, 0.1) is 0 Å². The first-order chi connectivity index (χ1) is 17.6. The van der Waals surface area contributed by atoms with Gasteiger partial charge in [0.1, 0.15) is 17.4 Å². The smallest absolute Gasteiger partial charge is 0.425 e. The lowest BCUT2D eigenvalue weighted by Crippen LogP contribution is -2.31. The average molecular weight is 540 g/mol. The van der Waals surface area contributed by atoms with Gasteiger partial charge in [0.15, 0.2) is 17.7 Å². The molecule has 1 N–H and O–H groups in total. The Balaban J connectivity index is 1.93. The monoisotopic (exact) mass is 539 g/mol. The van der Waals surface area contributed by atoms with Crippen molar-refractivity contribution >= 4 is 22.4 Å². The number of fused-ring (bicyclic) bond motifs is 1. The second kappa shape index (κ2) is 10.3. The molecule has 1 atom stereocenters. The van der Waals surface area contributed by atoms with E-state index in [2.05, 4.69) is 15.1 Å². The fourth-order valence-corrected chi connectivity index (χ4v) is 3.78. The van der Waals surface area contributed by atoms with Gasteiger partial charge in [-0.1, -0.05) is 11.6 Å². The molecule has 0 amide bonds. The molecule has 14 heteroatoms. The standard InChI is InChI=1S/C23H21ClF3N5O5/c1-4-31-17(11-33)30-32(22(31)34)14-9-13-5-7-28-20(37-15-6-8-29-21(35-3)19(15)24)18(13)16(10-14)36-12(2)23(25,26)27/h5-10,12,33H,4,11H2,1-3H3. The Bertz CT molecular complexity index is 1500. The van der Waals surface area contributed by atoms with Crippen LogP contribution in [0.1, 0.15) is 19.7 Å². The van der Waals surface area contributed by atoms with E-state index in [9.17, 15) is 23.1 Å². The predicted molar refractivity (Wildman–Crippen MR) is 127 cm³/mol. The number of aromatic nitrogens is 5. The Labute approximate surface area is 212 Å². The van der Waals surface area contributed by atoms with E-state index < -0.39 is 24.6 Å². The lowest BCUT2D eigenvalue weighted by molar-refractivity contribution is -0.189. The number of methoxy groups -OCH3 is 1. The van der Waals surface area contributed by atoms with Gasteiger partial charge in [0.25, 0.3) is 0 Å². The quantitative estimate of drug-likeness (QED) is 0.353. The van der Waals surface area contributed by atoms with Crippen molar-refractivity contribution in [3.05, 3.63) is 58.0 Å². The van der Waals surface area contributed by atoms with Crippen molar-refractivity contribution in [1.82, 2.24) is 24.3 Å². The third-order valence-electron chi connectivity index (χ3n) is 5.40. The number of aliphatic hydroxyl groups is 1. The van der Waals surface area contributed by atoms with E-state index >= 15 is 0 Å². The fraction of sp³-hybridized carbons (Fsp3) is 0.304. The molecule has 0 bridgehead atoms. The third kappa shape index (κ3) is 5.04. The number of hydrogen-bond donors (Lipinski definition) is 1. The molecular weight excluding hydrogens is 519 g/mol. The summed E-state index contributed by atoms with van der Waals surface area (Å²) >= 11 is 6.27. The molecule has 0 fully saturated rings. The van der Waals surface area contributed by atoms with Crippen molar-refractivity contribution in [3.8, 4) is 28.9 Å². The number of nitrogens with zero attached hydrogens (tertiary/aromatic N) is 5. The van der Waals surface area contributed by atoms with Crippen LogP contribution in [-0.2, 0) is 13.2 Å². The Morgan fingerprint density at radius 2 is 1.84 bits per heavy atom. The minimum absolute atomic E-state index is 0.0275. The summed E-state index contributed by atoms with van der Waals surface area (Å²) in [6.07, 6.45) is -4.14. The SMILES string of the molecule is CCn1c(CO)nn(-c2cc(OC(C)C(F)(F)F)c3c(Oc4ccnc(OC)c4Cl)nccc3c2)c1=O. The summed E-state index contributed by atoms with van der Waals surface area (Å²) in [4.78, 5) is 21.0. The predicted octanol–water partition coefficient (Wildman–Crippen LogP) is 4.27. The van der Waals surface area contributed by atoms with Gasteiger partial charge in [-0.15, -0.1) is 5.10 Å². The van der Waals surface area contributed by atoms with E-state index in [1.165, 1.54) is 48.3 Å². The van der Waals surface area contributed by atoms with Crippen molar-refractivity contribution in [3.63, 3.8) is 0 Å². The first kappa shape index (κ1) is 26.2. The van der Waals surface area contributed by atoms with E-state index in [4.69, 9.17) is 25.8 Å². The Kier molecular flexibility index (Phi) is 7.28. The van der Waals surface area contributed by atoms with Crippen molar-refractivity contribution in [2.24, 2.45) is 0 Å². The van der Waals surface area contributed by atoms with E-state index in [1.807, 2.05) is 0 Å². The van der Waals surface area contributed by atoms with Gasteiger partial charge in [-0.3, -0.25) is 4.57 Å². The zero-order chi connectivity index (χ0) is 26.9. The van der Waals surface area contributed by atoms with E-state index in [1.54, 1.807) is 6.92 Å². The molecule has 4 aromatic rings. The highest BCUT2D eigenvalue weighted by Gasteiger charge is 2.38. The maximum Gasteiger partial charge on any atom is 0.425 e. The molecule has 1 aromatic carbocycles. The van der Waals surface area contributed by atoms with Crippen LogP contribution >= 0.6 is 11.6 Å². The van der Waals surface area contributed by atoms with Gasteiger partial charge in [-0.05, 0) is 31.4 Å². The van der Waals surface area contributed by atoms with Gasteiger partial charge < -0.3 is 19.3 Å². The lowest BCUT2D eigenvalue weighted by Gasteiger charge is -2.20. The molecule has 0 spiro atoms. The topological polar surface area (TPSA) is 114 Å². The molecular formula is C23H21ClF3N5O5. The molecule has 0 saturated heterocycles. The second-order valence-corrected chi connectivity index (χ2v) is 8.09. The number of aliphatic hydroxyl groups excluding tert-OH is 1. The highest BCUT2D eigenvalue weighted by Crippen LogP contribution is 2.41. The van der Waals surface area contributed by atoms with Crippen LogP contribution in [-0.4, -0.2) is 48.8 Å². The highest BCUT2D eigenvalue weighted by atomic mass is 35.5. The van der Waals surface area contributed by atoms with Crippen LogP contribution in [0.3, 0.4) is 0 Å². The maximum absolute atomic E-state index is 13.4. The van der Waals surface area contributed by atoms with Gasteiger partial charge >= 0.3 is 11.9 Å². The number of halogens is 4. The molecule has 0 saturated carbocycles. The normalized spacial score (nSPS) is 12.5. The summed E-state index contributed by atoms with van der Waals surface area (Å²) in [5.74, 6) is -0.0989. The molecule has 0 aliphatic carbocycles. The Hall–Kier alpha value is -3.84. The van der Waals surface area contributed by atoms with Gasteiger partial charge in [0, 0.05) is 31.1 Å². The van der Waals surface area contributed by atoms with E-state index in [0.29, 0.717) is 5.39 Å². The Morgan fingerprint density at radius 1 is 1.14 bits per heavy atom. The number of ether oxygens (including phenoxy) is 3. The van der Waals surface area contributed by atoms with Gasteiger partial charge in [0.05, 0.1) is 18.2 Å². The first-order valence-corrected chi connectivity index (χ1v) is 11.3. The number of pyridine rings is 2. The molecule has 1 unspecified atom stereocenters. The number of rotatable bonds is 8. The summed E-state index contributed by atoms with van der Waals surface area (Å²) in [5, 5.41) is 14.2. The second-order valence-electron chi connectivity index (χ2n) is 7.71. The van der Waals surface area contributed by atoms with Crippen molar-refractivity contribution < 1.29 is 32.5 Å². The molecule has 0 aliphatic rings. The summed E-state index contributed by atoms with van der Waals surface area (Å²) in [6.45, 7) is 2.27. The summed E-state index contributed by atoms with van der Waals surface area (Å²) in [7, 11) is 1.37. The van der Waals surface area contributed by atoms with Crippen LogP contribution in [0.15, 0.2) is 41.5 Å². The minimum Gasteiger partial charge on any atom is -0.480 e. The van der Waals surface area contributed by atoms with Crippen molar-refractivity contribution in [2.75, 3.05) is 7.11 Å². The fourth-order valence-electron chi connectivity index (χ4n) is 3.55. The average Bonchev–Trinajstić information content (AvgIpc) is 3.19. The van der Waals surface area contributed by atoms with Crippen LogP contribution in [0.4, 0.5) is 13.2 Å². The van der Waals surface area contributed by atoms with Crippen LogP contribution in [0.2, 0.25) is 5.02 Å². The molecule has 196 valence electrons.